The van der Waals surface area contributed by atoms with Crippen LogP contribution in [0.2, 0.25) is 0 Å². The fourth-order valence-electron chi connectivity index (χ4n) is 1.98. The van der Waals surface area contributed by atoms with Crippen LogP contribution in [0, 0.1) is 0 Å². The largest absolute Gasteiger partial charge is 0.299 e. The molecule has 4 heteroatoms. The first-order valence-corrected chi connectivity index (χ1v) is 7.93. The molecule has 0 aromatic heterocycles. The fraction of sp³-hybridized carbons (Fsp3) is 0.500. The van der Waals surface area contributed by atoms with E-state index in [0.29, 0.717) is 23.3 Å². The Morgan fingerprint density at radius 2 is 1.83 bits per heavy atom. The summed E-state index contributed by atoms with van der Waals surface area (Å²) in [6, 6.07) is 6.81. The van der Waals surface area contributed by atoms with Gasteiger partial charge >= 0.3 is 0 Å². The second-order valence-corrected chi connectivity index (χ2v) is 6.48. The normalized spacial score (nSPS) is 13.3. The molecular weight excluding hydrogens is 248 g/mol. The lowest BCUT2D eigenvalue weighted by Gasteiger charge is -2.15. The minimum absolute atomic E-state index is 0.0640. The first-order chi connectivity index (χ1) is 8.44. The Kier molecular flexibility index (Phi) is 5.08. The molecule has 0 aliphatic heterocycles. The molecule has 1 atom stereocenters. The molecule has 100 valence electrons. The van der Waals surface area contributed by atoms with Gasteiger partial charge in [0, 0.05) is 12.3 Å². The van der Waals surface area contributed by atoms with E-state index in [2.05, 4.69) is 0 Å². The van der Waals surface area contributed by atoms with E-state index in [4.69, 9.17) is 0 Å². The van der Waals surface area contributed by atoms with Crippen molar-refractivity contribution in [2.45, 2.75) is 44.4 Å². The summed E-state index contributed by atoms with van der Waals surface area (Å²) in [6.45, 7) is 5.40. The third kappa shape index (κ3) is 3.19. The van der Waals surface area contributed by atoms with Crippen molar-refractivity contribution >= 4 is 15.6 Å². The highest BCUT2D eigenvalue weighted by Gasteiger charge is 2.23. The van der Waals surface area contributed by atoms with Crippen molar-refractivity contribution in [2.75, 3.05) is 5.75 Å². The summed E-state index contributed by atoms with van der Waals surface area (Å²) in [5.74, 6) is -0.177. The Hall–Kier alpha value is -1.16. The van der Waals surface area contributed by atoms with Gasteiger partial charge in [-0.1, -0.05) is 39.0 Å². The van der Waals surface area contributed by atoms with Crippen LogP contribution < -0.4 is 0 Å². The summed E-state index contributed by atoms with van der Waals surface area (Å²) in [4.78, 5) is 12.1. The molecular formula is C14H20O3S. The van der Waals surface area contributed by atoms with E-state index in [1.165, 1.54) is 0 Å². The molecule has 0 heterocycles. The molecule has 1 aromatic rings. The third-order valence-corrected chi connectivity index (χ3v) is 5.01. The molecule has 0 N–H and O–H groups in total. The van der Waals surface area contributed by atoms with Crippen LogP contribution in [-0.2, 0) is 14.6 Å². The number of carbonyl (C=O) groups excluding carboxylic acids is 1. The molecule has 0 fully saturated rings. The van der Waals surface area contributed by atoms with Crippen LogP contribution >= 0.6 is 0 Å². The Morgan fingerprint density at radius 3 is 2.39 bits per heavy atom. The van der Waals surface area contributed by atoms with Gasteiger partial charge in [0.2, 0.25) is 0 Å². The van der Waals surface area contributed by atoms with Gasteiger partial charge in [-0.2, -0.15) is 0 Å². The zero-order valence-corrected chi connectivity index (χ0v) is 12.0. The average molecular weight is 268 g/mol. The summed E-state index contributed by atoms with van der Waals surface area (Å²) in [6.07, 6.45) is 0.996. The molecule has 0 spiro atoms. The number of ketones is 1. The smallest absolute Gasteiger partial charge is 0.178 e. The van der Waals surface area contributed by atoms with Gasteiger partial charge in [-0.25, -0.2) is 8.42 Å². The number of carbonyl (C=O) groups is 1. The van der Waals surface area contributed by atoms with Crippen molar-refractivity contribution in [1.82, 2.24) is 0 Å². The second kappa shape index (κ2) is 6.14. The quantitative estimate of drug-likeness (QED) is 0.797. The lowest BCUT2D eigenvalue weighted by atomic mass is 9.95. The van der Waals surface area contributed by atoms with Crippen LogP contribution in [0.25, 0.3) is 0 Å². The van der Waals surface area contributed by atoms with Crippen LogP contribution in [0.4, 0.5) is 0 Å². The van der Waals surface area contributed by atoms with Crippen molar-refractivity contribution in [3.05, 3.63) is 29.8 Å². The molecule has 0 saturated heterocycles. The molecule has 18 heavy (non-hydrogen) atoms. The highest BCUT2D eigenvalue weighted by Crippen LogP contribution is 2.26. The molecule has 1 aromatic carbocycles. The molecule has 0 amide bonds. The summed E-state index contributed by atoms with van der Waals surface area (Å²) >= 11 is 0. The number of rotatable bonds is 6. The van der Waals surface area contributed by atoms with Crippen molar-refractivity contribution in [3.63, 3.8) is 0 Å². The first kappa shape index (κ1) is 14.9. The van der Waals surface area contributed by atoms with E-state index < -0.39 is 9.84 Å². The van der Waals surface area contributed by atoms with Gasteiger partial charge < -0.3 is 0 Å². The molecule has 0 aliphatic carbocycles. The van der Waals surface area contributed by atoms with Crippen LogP contribution in [0.1, 0.15) is 45.1 Å². The Morgan fingerprint density at radius 1 is 1.22 bits per heavy atom. The number of hydrogen-bond donors (Lipinski definition) is 0. The average Bonchev–Trinajstić information content (AvgIpc) is 2.37. The zero-order chi connectivity index (χ0) is 13.8. The van der Waals surface area contributed by atoms with Gasteiger partial charge in [0.05, 0.1) is 10.6 Å². The van der Waals surface area contributed by atoms with E-state index in [1.807, 2.05) is 6.92 Å². The predicted molar refractivity (Wildman–Crippen MR) is 72.5 cm³/mol. The van der Waals surface area contributed by atoms with Crippen LogP contribution in [-0.4, -0.2) is 20.0 Å². The van der Waals surface area contributed by atoms with E-state index in [0.717, 1.165) is 0 Å². The number of Topliss-reactive ketones (excluding diaryl/α,β-unsaturated/α-hetero) is 1. The molecule has 0 saturated carbocycles. The van der Waals surface area contributed by atoms with E-state index in [1.54, 1.807) is 38.1 Å². The van der Waals surface area contributed by atoms with Crippen LogP contribution in [0.3, 0.4) is 0 Å². The Labute approximate surface area is 109 Å². The highest BCUT2D eigenvalue weighted by atomic mass is 32.2. The standard InChI is InChI=1S/C14H20O3S/c1-4-10-18(16,17)14-9-7-6-8-12(14)11(3)13(15)5-2/h6-9,11H,4-5,10H2,1-3H3. The van der Waals surface area contributed by atoms with Crippen LogP contribution in [0.5, 0.6) is 0 Å². The first-order valence-electron chi connectivity index (χ1n) is 6.28. The fourth-order valence-corrected chi connectivity index (χ4v) is 3.63. The van der Waals surface area contributed by atoms with Gasteiger partial charge in [-0.3, -0.25) is 4.79 Å². The van der Waals surface area contributed by atoms with Gasteiger partial charge in [-0.05, 0) is 18.1 Å². The maximum atomic E-state index is 12.2. The maximum absolute atomic E-state index is 12.2. The molecule has 1 unspecified atom stereocenters. The van der Waals surface area contributed by atoms with Gasteiger partial charge in [0.25, 0.3) is 0 Å². The summed E-state index contributed by atoms with van der Waals surface area (Å²) in [5, 5.41) is 0. The summed E-state index contributed by atoms with van der Waals surface area (Å²) < 4.78 is 24.3. The number of benzene rings is 1. The van der Waals surface area contributed by atoms with Crippen molar-refractivity contribution < 1.29 is 13.2 Å². The molecule has 1 rings (SSSR count). The minimum Gasteiger partial charge on any atom is -0.299 e. The Balaban J connectivity index is 3.27. The number of hydrogen-bond acceptors (Lipinski definition) is 3. The monoisotopic (exact) mass is 268 g/mol. The van der Waals surface area contributed by atoms with E-state index in [-0.39, 0.29) is 17.5 Å². The zero-order valence-electron chi connectivity index (χ0n) is 11.1. The Bertz CT molecular complexity index is 518. The van der Waals surface area contributed by atoms with Crippen LogP contribution in [0.15, 0.2) is 29.2 Å². The number of sulfone groups is 1. The minimum atomic E-state index is -3.28. The maximum Gasteiger partial charge on any atom is 0.178 e. The summed E-state index contributed by atoms with van der Waals surface area (Å²) in [7, 11) is -3.28. The van der Waals surface area contributed by atoms with Gasteiger partial charge in [-0.15, -0.1) is 0 Å². The molecule has 0 aliphatic rings. The third-order valence-electron chi connectivity index (χ3n) is 3.02. The van der Waals surface area contributed by atoms with Crippen molar-refractivity contribution in [2.24, 2.45) is 0 Å². The van der Waals surface area contributed by atoms with Gasteiger partial charge in [0.15, 0.2) is 9.84 Å². The highest BCUT2D eigenvalue weighted by molar-refractivity contribution is 7.91. The SMILES string of the molecule is CCCS(=O)(=O)c1ccccc1C(C)C(=O)CC. The molecule has 0 bridgehead atoms. The second-order valence-electron chi connectivity index (χ2n) is 4.40. The van der Waals surface area contributed by atoms with E-state index >= 15 is 0 Å². The van der Waals surface area contributed by atoms with Crippen molar-refractivity contribution in [1.29, 1.82) is 0 Å². The van der Waals surface area contributed by atoms with E-state index in [9.17, 15) is 13.2 Å². The summed E-state index contributed by atoms with van der Waals surface area (Å²) in [5.41, 5.74) is 0.623. The predicted octanol–water partition coefficient (Wildman–Crippen LogP) is 2.95. The topological polar surface area (TPSA) is 51.2 Å². The van der Waals surface area contributed by atoms with Gasteiger partial charge in [0.1, 0.15) is 5.78 Å². The molecule has 3 nitrogen and oxygen atoms in total. The lowest BCUT2D eigenvalue weighted by molar-refractivity contribution is -0.119. The lowest BCUT2D eigenvalue weighted by Crippen LogP contribution is -2.14. The van der Waals surface area contributed by atoms with Crippen molar-refractivity contribution in [3.8, 4) is 0 Å². The molecule has 0 radical (unpaired) electrons.